The molecule has 0 saturated carbocycles. The SMILES string of the molecule is CC1(C)c2ccccc2-c2cc(-c3cccc(-c4ccc(-c5nc(-c6ccccc6)cc(-c6cc(-c7ccccc7)cc(-c7ccccc7)c6)n5)cc4)c3)ccc21. The quantitative estimate of drug-likeness (QED) is 0.163. The van der Waals surface area contributed by atoms with E-state index in [-0.39, 0.29) is 5.41 Å². The molecule has 1 aliphatic carbocycles. The fraction of sp³-hybridized carbons (Fsp3) is 0.0545. The van der Waals surface area contributed by atoms with Crippen molar-refractivity contribution in [2.75, 3.05) is 0 Å². The zero-order valence-corrected chi connectivity index (χ0v) is 32.0. The average molecular weight is 729 g/mol. The minimum absolute atomic E-state index is 0.00353. The third-order valence-electron chi connectivity index (χ3n) is 11.5. The molecule has 0 saturated heterocycles. The molecule has 0 aliphatic heterocycles. The van der Waals surface area contributed by atoms with Crippen LogP contribution < -0.4 is 0 Å². The molecule has 0 unspecified atom stereocenters. The molecule has 1 aromatic heterocycles. The molecule has 270 valence electrons. The molecule has 0 radical (unpaired) electrons. The lowest BCUT2D eigenvalue weighted by molar-refractivity contribution is 0.660. The molecule has 10 rings (SSSR count). The van der Waals surface area contributed by atoms with Crippen LogP contribution in [0.3, 0.4) is 0 Å². The topological polar surface area (TPSA) is 25.8 Å². The van der Waals surface area contributed by atoms with E-state index >= 15 is 0 Å². The van der Waals surface area contributed by atoms with Crippen molar-refractivity contribution in [3.05, 3.63) is 217 Å². The number of hydrogen-bond acceptors (Lipinski definition) is 2. The van der Waals surface area contributed by atoms with Gasteiger partial charge in [0.05, 0.1) is 11.4 Å². The van der Waals surface area contributed by atoms with Crippen LogP contribution in [0.5, 0.6) is 0 Å². The van der Waals surface area contributed by atoms with Crippen molar-refractivity contribution in [3.8, 4) is 89.5 Å². The second kappa shape index (κ2) is 14.2. The lowest BCUT2D eigenvalue weighted by Crippen LogP contribution is -2.14. The molecule has 0 fully saturated rings. The van der Waals surface area contributed by atoms with Crippen LogP contribution in [0, 0.1) is 0 Å². The van der Waals surface area contributed by atoms with Crippen molar-refractivity contribution in [3.63, 3.8) is 0 Å². The smallest absolute Gasteiger partial charge is 0.160 e. The van der Waals surface area contributed by atoms with Gasteiger partial charge in [-0.25, -0.2) is 9.97 Å². The fourth-order valence-electron chi connectivity index (χ4n) is 8.44. The van der Waals surface area contributed by atoms with Gasteiger partial charge in [-0.2, -0.15) is 0 Å². The number of aromatic nitrogens is 2. The summed E-state index contributed by atoms with van der Waals surface area (Å²) in [7, 11) is 0. The van der Waals surface area contributed by atoms with Crippen molar-refractivity contribution >= 4 is 0 Å². The second-order valence-electron chi connectivity index (χ2n) is 15.4. The Hall–Kier alpha value is -7.16. The molecule has 1 aliphatic rings. The Labute approximate surface area is 334 Å². The van der Waals surface area contributed by atoms with E-state index in [0.717, 1.165) is 44.8 Å². The van der Waals surface area contributed by atoms with E-state index in [2.05, 4.69) is 214 Å². The minimum Gasteiger partial charge on any atom is -0.228 e. The standard InChI is InChI=1S/C55H40N2/c1-55(2)50-24-13-12-23-48(50)49-35-44(29-30-51(49)55)43-22-14-21-42(31-43)39-25-27-41(28-26-39)54-56-52(40-19-10-5-11-20-40)36-53(57-54)47-33-45(37-15-6-3-7-16-37)32-46(34-47)38-17-8-4-9-18-38/h3-36H,1-2H3. The summed E-state index contributed by atoms with van der Waals surface area (Å²) in [5, 5.41) is 0. The molecule has 0 atom stereocenters. The van der Waals surface area contributed by atoms with Crippen molar-refractivity contribution in [1.82, 2.24) is 9.97 Å². The Morgan fingerprint density at radius 2 is 0.702 bits per heavy atom. The fourth-order valence-corrected chi connectivity index (χ4v) is 8.44. The van der Waals surface area contributed by atoms with Gasteiger partial charge in [0.15, 0.2) is 5.82 Å². The van der Waals surface area contributed by atoms with Gasteiger partial charge in [-0.15, -0.1) is 0 Å². The summed E-state index contributed by atoms with van der Waals surface area (Å²) >= 11 is 0. The first kappa shape index (κ1) is 34.3. The molecular weight excluding hydrogens is 689 g/mol. The van der Waals surface area contributed by atoms with Crippen LogP contribution in [0.25, 0.3) is 89.5 Å². The zero-order chi connectivity index (χ0) is 38.3. The van der Waals surface area contributed by atoms with Crippen LogP contribution in [0.15, 0.2) is 206 Å². The lowest BCUT2D eigenvalue weighted by Gasteiger charge is -2.21. The maximum atomic E-state index is 5.27. The number of hydrogen-bond donors (Lipinski definition) is 0. The molecule has 8 aromatic carbocycles. The monoisotopic (exact) mass is 728 g/mol. The van der Waals surface area contributed by atoms with Gasteiger partial charge in [0.2, 0.25) is 0 Å². The summed E-state index contributed by atoms with van der Waals surface area (Å²) in [4.78, 5) is 10.4. The van der Waals surface area contributed by atoms with E-state index < -0.39 is 0 Å². The molecule has 2 nitrogen and oxygen atoms in total. The van der Waals surface area contributed by atoms with E-state index in [9.17, 15) is 0 Å². The molecule has 57 heavy (non-hydrogen) atoms. The predicted octanol–water partition coefficient (Wildman–Crippen LogP) is 14.5. The molecule has 1 heterocycles. The van der Waals surface area contributed by atoms with Gasteiger partial charge in [0.25, 0.3) is 0 Å². The van der Waals surface area contributed by atoms with E-state index in [1.807, 2.05) is 6.07 Å². The predicted molar refractivity (Wildman–Crippen MR) is 238 cm³/mol. The van der Waals surface area contributed by atoms with Crippen LogP contribution in [0.1, 0.15) is 25.0 Å². The lowest BCUT2D eigenvalue weighted by atomic mass is 9.82. The van der Waals surface area contributed by atoms with Crippen molar-refractivity contribution in [2.24, 2.45) is 0 Å². The third kappa shape index (κ3) is 6.46. The number of benzene rings is 8. The highest BCUT2D eigenvalue weighted by atomic mass is 14.9. The Balaban J connectivity index is 1.03. The summed E-state index contributed by atoms with van der Waals surface area (Å²) in [6, 6.07) is 73.8. The second-order valence-corrected chi connectivity index (χ2v) is 15.4. The Bertz CT molecular complexity index is 2840. The van der Waals surface area contributed by atoms with Crippen LogP contribution in [0.2, 0.25) is 0 Å². The summed E-state index contributed by atoms with van der Waals surface area (Å²) < 4.78 is 0. The first-order chi connectivity index (χ1) is 28.0. The molecule has 2 heteroatoms. The molecule has 9 aromatic rings. The highest BCUT2D eigenvalue weighted by molar-refractivity contribution is 5.86. The molecule has 0 bridgehead atoms. The Morgan fingerprint density at radius 1 is 0.281 bits per heavy atom. The Morgan fingerprint density at radius 3 is 1.35 bits per heavy atom. The molecular formula is C55H40N2. The van der Waals surface area contributed by atoms with Gasteiger partial charge in [0.1, 0.15) is 0 Å². The van der Waals surface area contributed by atoms with Gasteiger partial charge in [-0.05, 0) is 103 Å². The number of nitrogens with zero attached hydrogens (tertiary/aromatic N) is 2. The maximum Gasteiger partial charge on any atom is 0.160 e. The van der Waals surface area contributed by atoms with E-state index in [4.69, 9.17) is 9.97 Å². The van der Waals surface area contributed by atoms with Crippen molar-refractivity contribution < 1.29 is 0 Å². The highest BCUT2D eigenvalue weighted by Gasteiger charge is 2.35. The largest absolute Gasteiger partial charge is 0.228 e. The van der Waals surface area contributed by atoms with Crippen molar-refractivity contribution in [1.29, 1.82) is 0 Å². The zero-order valence-electron chi connectivity index (χ0n) is 32.0. The van der Waals surface area contributed by atoms with Gasteiger partial charge in [0, 0.05) is 22.1 Å². The third-order valence-corrected chi connectivity index (χ3v) is 11.5. The van der Waals surface area contributed by atoms with Crippen molar-refractivity contribution in [2.45, 2.75) is 19.3 Å². The number of rotatable bonds is 7. The summed E-state index contributed by atoms with van der Waals surface area (Å²) in [5.41, 5.74) is 19.7. The summed E-state index contributed by atoms with van der Waals surface area (Å²) in [6.07, 6.45) is 0. The maximum absolute atomic E-state index is 5.27. The molecule has 0 amide bonds. The first-order valence-electron chi connectivity index (χ1n) is 19.6. The van der Waals surface area contributed by atoms with Crippen LogP contribution in [0.4, 0.5) is 0 Å². The van der Waals surface area contributed by atoms with E-state index in [0.29, 0.717) is 5.82 Å². The summed E-state index contributed by atoms with van der Waals surface area (Å²) in [5.74, 6) is 0.694. The van der Waals surface area contributed by atoms with Gasteiger partial charge >= 0.3 is 0 Å². The van der Waals surface area contributed by atoms with Gasteiger partial charge in [-0.1, -0.05) is 184 Å². The number of fused-ring (bicyclic) bond motifs is 3. The van der Waals surface area contributed by atoms with Gasteiger partial charge in [-0.3, -0.25) is 0 Å². The Kier molecular flexibility index (Phi) is 8.53. The van der Waals surface area contributed by atoms with E-state index in [1.165, 1.54) is 50.1 Å². The van der Waals surface area contributed by atoms with Gasteiger partial charge < -0.3 is 0 Å². The van der Waals surface area contributed by atoms with Crippen LogP contribution >= 0.6 is 0 Å². The average Bonchev–Trinajstić information content (AvgIpc) is 3.52. The van der Waals surface area contributed by atoms with E-state index in [1.54, 1.807) is 0 Å². The minimum atomic E-state index is -0.00353. The summed E-state index contributed by atoms with van der Waals surface area (Å²) in [6.45, 7) is 4.66. The van der Waals surface area contributed by atoms with Crippen LogP contribution in [-0.4, -0.2) is 9.97 Å². The first-order valence-corrected chi connectivity index (χ1v) is 19.6. The molecule has 0 spiro atoms. The highest BCUT2D eigenvalue weighted by Crippen LogP contribution is 2.49. The normalized spacial score (nSPS) is 12.5. The van der Waals surface area contributed by atoms with Crippen LogP contribution in [-0.2, 0) is 5.41 Å². The molecule has 0 N–H and O–H groups in total.